The molecule has 0 saturated carbocycles. The number of ketones is 1. The molecular weight excluding hydrogens is 250 g/mol. The molecule has 0 aliphatic rings. The van der Waals surface area contributed by atoms with Crippen molar-refractivity contribution in [3.63, 3.8) is 0 Å². The number of hydrogen-bond donors (Lipinski definition) is 0. The molecule has 0 N–H and O–H groups in total. The van der Waals surface area contributed by atoms with Crippen molar-refractivity contribution in [2.45, 2.75) is 18.2 Å². The van der Waals surface area contributed by atoms with E-state index in [2.05, 4.69) is 4.98 Å². The smallest absolute Gasteiger partial charge is 0.173 e. The molecule has 0 radical (unpaired) electrons. The van der Waals surface area contributed by atoms with Crippen LogP contribution in [0.15, 0.2) is 34.0 Å². The summed E-state index contributed by atoms with van der Waals surface area (Å²) in [6.07, 6.45) is 0. The molecule has 0 aliphatic carbocycles. The Morgan fingerprint density at radius 1 is 1.41 bits per heavy atom. The zero-order valence-electron chi connectivity index (χ0n) is 9.77. The Morgan fingerprint density at radius 3 is 2.88 bits per heavy atom. The van der Waals surface area contributed by atoms with Gasteiger partial charge >= 0.3 is 0 Å². The van der Waals surface area contributed by atoms with E-state index in [9.17, 15) is 4.79 Å². The summed E-state index contributed by atoms with van der Waals surface area (Å²) < 4.78 is 0.962. The fourth-order valence-corrected chi connectivity index (χ4v) is 3.17. The molecule has 0 atom stereocenters. The van der Waals surface area contributed by atoms with Crippen molar-refractivity contribution in [2.24, 2.45) is 0 Å². The average Bonchev–Trinajstić information content (AvgIpc) is 2.72. The Bertz CT molecular complexity index is 534. The van der Waals surface area contributed by atoms with Crippen LogP contribution >= 0.6 is 23.1 Å². The van der Waals surface area contributed by atoms with Crippen LogP contribution in [0.4, 0.5) is 0 Å². The summed E-state index contributed by atoms with van der Waals surface area (Å²) in [6.45, 7) is 3.96. The molecule has 0 saturated heterocycles. The lowest BCUT2D eigenvalue weighted by molar-refractivity contribution is 0.102. The molecular formula is C13H13NOS2. The molecule has 88 valence electrons. The molecule has 2 nitrogen and oxygen atoms in total. The number of thioether (sulfide) groups is 1. The maximum Gasteiger partial charge on any atom is 0.173 e. The number of hydrogen-bond acceptors (Lipinski definition) is 4. The van der Waals surface area contributed by atoms with Crippen LogP contribution in [0.5, 0.6) is 0 Å². The number of aromatic nitrogens is 1. The second kappa shape index (κ2) is 5.47. The molecule has 0 spiro atoms. The highest BCUT2D eigenvalue weighted by molar-refractivity contribution is 8.01. The number of rotatable bonds is 4. The molecule has 0 bridgehead atoms. The van der Waals surface area contributed by atoms with Gasteiger partial charge in [-0.05, 0) is 19.9 Å². The molecule has 0 fully saturated rings. The van der Waals surface area contributed by atoms with E-state index >= 15 is 0 Å². The highest BCUT2D eigenvalue weighted by Gasteiger charge is 2.08. The number of nitrogens with zero attached hydrogens (tertiary/aromatic N) is 1. The van der Waals surface area contributed by atoms with Crippen LogP contribution in [0.3, 0.4) is 0 Å². The zero-order valence-corrected chi connectivity index (χ0v) is 11.4. The highest BCUT2D eigenvalue weighted by atomic mass is 32.2. The molecule has 0 unspecified atom stereocenters. The monoisotopic (exact) mass is 263 g/mol. The van der Waals surface area contributed by atoms with E-state index in [1.54, 1.807) is 11.3 Å². The predicted molar refractivity (Wildman–Crippen MR) is 73.1 cm³/mol. The van der Waals surface area contributed by atoms with E-state index in [0.717, 1.165) is 21.2 Å². The lowest BCUT2D eigenvalue weighted by Crippen LogP contribution is -2.02. The maximum atomic E-state index is 11.9. The largest absolute Gasteiger partial charge is 0.293 e. The summed E-state index contributed by atoms with van der Waals surface area (Å²) >= 11 is 3.10. The van der Waals surface area contributed by atoms with Gasteiger partial charge in [-0.15, -0.1) is 11.3 Å². The van der Waals surface area contributed by atoms with E-state index in [0.29, 0.717) is 5.75 Å². The van der Waals surface area contributed by atoms with E-state index in [-0.39, 0.29) is 5.78 Å². The minimum atomic E-state index is 0.159. The van der Waals surface area contributed by atoms with Crippen molar-refractivity contribution in [3.05, 3.63) is 46.5 Å². The van der Waals surface area contributed by atoms with Crippen molar-refractivity contribution in [1.29, 1.82) is 0 Å². The topological polar surface area (TPSA) is 30.0 Å². The SMILES string of the molecule is Cc1cccc(C(=O)CSc2nc(C)cs2)c1. The standard InChI is InChI=1S/C13H13NOS2/c1-9-4-3-5-11(6-9)12(15)8-17-13-14-10(2)7-16-13/h3-7H,8H2,1-2H3. The number of aryl methyl sites for hydroxylation is 2. The van der Waals surface area contributed by atoms with Crippen LogP contribution in [-0.4, -0.2) is 16.5 Å². The Morgan fingerprint density at radius 2 is 2.24 bits per heavy atom. The van der Waals surface area contributed by atoms with Gasteiger partial charge in [0, 0.05) is 16.6 Å². The van der Waals surface area contributed by atoms with Crippen LogP contribution in [-0.2, 0) is 0 Å². The Labute approximate surface area is 109 Å². The highest BCUT2D eigenvalue weighted by Crippen LogP contribution is 2.23. The van der Waals surface area contributed by atoms with Gasteiger partial charge in [0.1, 0.15) is 0 Å². The van der Waals surface area contributed by atoms with Crippen molar-refractivity contribution in [3.8, 4) is 0 Å². The minimum absolute atomic E-state index is 0.159. The summed E-state index contributed by atoms with van der Waals surface area (Å²) in [6, 6.07) is 7.70. The fraction of sp³-hybridized carbons (Fsp3) is 0.231. The van der Waals surface area contributed by atoms with E-state index in [1.165, 1.54) is 11.8 Å². The minimum Gasteiger partial charge on any atom is -0.293 e. The third-order valence-corrected chi connectivity index (χ3v) is 4.40. The molecule has 4 heteroatoms. The normalized spacial score (nSPS) is 10.5. The molecule has 0 aliphatic heterocycles. The molecule has 17 heavy (non-hydrogen) atoms. The first kappa shape index (κ1) is 12.3. The first-order chi connectivity index (χ1) is 8.15. The van der Waals surface area contributed by atoms with Gasteiger partial charge in [0.05, 0.1) is 5.75 Å². The predicted octanol–water partition coefficient (Wildman–Crippen LogP) is 3.73. The fourth-order valence-electron chi connectivity index (χ4n) is 1.43. The van der Waals surface area contributed by atoms with Gasteiger partial charge < -0.3 is 0 Å². The number of carbonyl (C=O) groups is 1. The first-order valence-corrected chi connectivity index (χ1v) is 7.16. The number of thiazole rings is 1. The second-order valence-corrected chi connectivity index (χ2v) is 5.92. The van der Waals surface area contributed by atoms with Gasteiger partial charge in [-0.3, -0.25) is 4.79 Å². The molecule has 1 heterocycles. The van der Waals surface area contributed by atoms with Gasteiger partial charge in [0.15, 0.2) is 10.1 Å². The molecule has 1 aromatic heterocycles. The van der Waals surface area contributed by atoms with Crippen molar-refractivity contribution in [2.75, 3.05) is 5.75 Å². The first-order valence-electron chi connectivity index (χ1n) is 5.30. The summed E-state index contributed by atoms with van der Waals surface area (Å²) in [5, 5.41) is 2.00. The maximum absolute atomic E-state index is 11.9. The molecule has 2 rings (SSSR count). The van der Waals surface area contributed by atoms with Gasteiger partial charge in [-0.1, -0.05) is 35.5 Å². The summed E-state index contributed by atoms with van der Waals surface area (Å²) in [5.74, 6) is 0.614. The molecule has 2 aromatic rings. The zero-order chi connectivity index (χ0) is 12.3. The second-order valence-electron chi connectivity index (χ2n) is 3.84. The Hall–Kier alpha value is -1.13. The lowest BCUT2D eigenvalue weighted by atomic mass is 10.1. The van der Waals surface area contributed by atoms with Gasteiger partial charge in [-0.25, -0.2) is 4.98 Å². The van der Waals surface area contributed by atoms with Crippen LogP contribution in [0.25, 0.3) is 0 Å². The lowest BCUT2D eigenvalue weighted by Gasteiger charge is -2.00. The van der Waals surface area contributed by atoms with Crippen molar-refractivity contribution < 1.29 is 4.79 Å². The quantitative estimate of drug-likeness (QED) is 0.622. The van der Waals surface area contributed by atoms with Crippen LogP contribution in [0.1, 0.15) is 21.6 Å². The average molecular weight is 263 g/mol. The number of Topliss-reactive ketones (excluding diaryl/α,β-unsaturated/α-hetero) is 1. The Kier molecular flexibility index (Phi) is 3.97. The summed E-state index contributed by atoms with van der Waals surface area (Å²) in [5.41, 5.74) is 2.91. The Balaban J connectivity index is 1.98. The summed E-state index contributed by atoms with van der Waals surface area (Å²) in [7, 11) is 0. The summed E-state index contributed by atoms with van der Waals surface area (Å²) in [4.78, 5) is 16.3. The van der Waals surface area contributed by atoms with E-state index < -0.39 is 0 Å². The van der Waals surface area contributed by atoms with Gasteiger partial charge in [-0.2, -0.15) is 0 Å². The van der Waals surface area contributed by atoms with E-state index in [1.807, 2.05) is 43.5 Å². The third-order valence-electron chi connectivity index (χ3n) is 2.26. The number of carbonyl (C=O) groups excluding carboxylic acids is 1. The van der Waals surface area contributed by atoms with Crippen LogP contribution < -0.4 is 0 Å². The van der Waals surface area contributed by atoms with Crippen LogP contribution in [0, 0.1) is 13.8 Å². The van der Waals surface area contributed by atoms with Gasteiger partial charge in [0.2, 0.25) is 0 Å². The van der Waals surface area contributed by atoms with Gasteiger partial charge in [0.25, 0.3) is 0 Å². The van der Waals surface area contributed by atoms with Crippen molar-refractivity contribution >= 4 is 28.9 Å². The number of benzene rings is 1. The third kappa shape index (κ3) is 3.41. The van der Waals surface area contributed by atoms with Crippen LogP contribution in [0.2, 0.25) is 0 Å². The molecule has 0 amide bonds. The molecule has 1 aromatic carbocycles. The van der Waals surface area contributed by atoms with Crippen molar-refractivity contribution in [1.82, 2.24) is 4.98 Å². The van der Waals surface area contributed by atoms with E-state index in [4.69, 9.17) is 0 Å².